The molecule has 0 spiro atoms. The highest BCUT2D eigenvalue weighted by Crippen LogP contribution is 2.42. The summed E-state index contributed by atoms with van der Waals surface area (Å²) in [6, 6.07) is 6.29. The SMILES string of the molecule is C[Si]1(C)CC[Si](C)(C)N1C1CCC(C#N)CC1. The van der Waals surface area contributed by atoms with E-state index in [0.29, 0.717) is 5.92 Å². The van der Waals surface area contributed by atoms with Crippen molar-refractivity contribution in [2.24, 2.45) is 5.92 Å². The van der Waals surface area contributed by atoms with Crippen molar-refractivity contribution >= 4 is 16.5 Å². The Kier molecular flexibility index (Phi) is 3.55. The van der Waals surface area contributed by atoms with Gasteiger partial charge in [-0.2, -0.15) is 5.26 Å². The van der Waals surface area contributed by atoms with Crippen molar-refractivity contribution in [3.63, 3.8) is 0 Å². The van der Waals surface area contributed by atoms with Gasteiger partial charge in [-0.3, -0.25) is 0 Å². The fraction of sp³-hybridized carbons (Fsp3) is 0.923. The van der Waals surface area contributed by atoms with E-state index in [-0.39, 0.29) is 0 Å². The van der Waals surface area contributed by atoms with Crippen molar-refractivity contribution in [3.05, 3.63) is 0 Å². The van der Waals surface area contributed by atoms with Gasteiger partial charge in [0.1, 0.15) is 16.5 Å². The average Bonchev–Trinajstić information content (AvgIpc) is 2.49. The molecule has 1 saturated carbocycles. The predicted octanol–water partition coefficient (Wildman–Crippen LogP) is 3.79. The monoisotopic (exact) mass is 266 g/mol. The number of nitriles is 1. The maximum Gasteiger partial charge on any atom is 0.115 e. The zero-order chi connectivity index (χ0) is 12.7. The van der Waals surface area contributed by atoms with Crippen molar-refractivity contribution in [3.8, 4) is 6.07 Å². The van der Waals surface area contributed by atoms with Gasteiger partial charge in [-0.05, 0) is 43.8 Å². The second-order valence-electron chi connectivity index (χ2n) is 7.13. The van der Waals surface area contributed by atoms with E-state index < -0.39 is 16.5 Å². The van der Waals surface area contributed by atoms with Crippen molar-refractivity contribution in [2.75, 3.05) is 0 Å². The summed E-state index contributed by atoms with van der Waals surface area (Å²) in [5.74, 6) is 0.350. The molecule has 0 atom stereocenters. The van der Waals surface area contributed by atoms with E-state index in [0.717, 1.165) is 18.9 Å². The average molecular weight is 267 g/mol. The first-order valence-corrected chi connectivity index (χ1v) is 13.4. The molecule has 1 aliphatic heterocycles. The van der Waals surface area contributed by atoms with Crippen LogP contribution in [0.4, 0.5) is 0 Å². The number of nitrogens with zero attached hydrogens (tertiary/aromatic N) is 2. The quantitative estimate of drug-likeness (QED) is 0.675. The summed E-state index contributed by atoms with van der Waals surface area (Å²) in [4.78, 5) is 0. The minimum atomic E-state index is -1.11. The van der Waals surface area contributed by atoms with Crippen LogP contribution in [0.5, 0.6) is 0 Å². The lowest BCUT2D eigenvalue weighted by molar-refractivity contribution is 0.295. The lowest BCUT2D eigenvalue weighted by Crippen LogP contribution is -2.60. The highest BCUT2D eigenvalue weighted by atomic mass is 28.4. The van der Waals surface area contributed by atoms with Gasteiger partial charge in [-0.25, -0.2) is 0 Å². The first-order chi connectivity index (χ1) is 7.87. The molecular weight excluding hydrogens is 240 g/mol. The van der Waals surface area contributed by atoms with Crippen LogP contribution < -0.4 is 0 Å². The summed E-state index contributed by atoms with van der Waals surface area (Å²) in [5, 5.41) is 9.00. The first-order valence-electron chi connectivity index (χ1n) is 7.06. The third-order valence-corrected chi connectivity index (χ3v) is 15.3. The molecule has 1 heterocycles. The first kappa shape index (κ1) is 13.3. The van der Waals surface area contributed by atoms with Crippen LogP contribution >= 0.6 is 0 Å². The van der Waals surface area contributed by atoms with Gasteiger partial charge in [0.15, 0.2) is 0 Å². The van der Waals surface area contributed by atoms with Crippen molar-refractivity contribution < 1.29 is 0 Å². The molecule has 0 aromatic heterocycles. The molecule has 0 bridgehead atoms. The summed E-state index contributed by atoms with van der Waals surface area (Å²) >= 11 is 0. The van der Waals surface area contributed by atoms with E-state index in [2.05, 4.69) is 36.5 Å². The Labute approximate surface area is 108 Å². The summed E-state index contributed by atoms with van der Waals surface area (Å²) in [7, 11) is -2.22. The van der Waals surface area contributed by atoms with Crippen molar-refractivity contribution in [2.45, 2.75) is 70.0 Å². The van der Waals surface area contributed by atoms with Crippen LogP contribution in [0.1, 0.15) is 25.7 Å². The molecule has 0 unspecified atom stereocenters. The van der Waals surface area contributed by atoms with E-state index in [1.165, 1.54) is 24.9 Å². The summed E-state index contributed by atoms with van der Waals surface area (Å²) in [6.07, 6.45) is 4.86. The number of rotatable bonds is 1. The van der Waals surface area contributed by atoms with Gasteiger partial charge in [0.05, 0.1) is 6.07 Å². The van der Waals surface area contributed by atoms with Crippen LogP contribution in [0, 0.1) is 17.2 Å². The summed E-state index contributed by atoms with van der Waals surface area (Å²) < 4.78 is 3.04. The van der Waals surface area contributed by atoms with E-state index >= 15 is 0 Å². The van der Waals surface area contributed by atoms with E-state index in [4.69, 9.17) is 5.26 Å². The molecule has 96 valence electrons. The zero-order valence-electron chi connectivity index (χ0n) is 11.8. The van der Waals surface area contributed by atoms with Crippen LogP contribution in [-0.4, -0.2) is 26.7 Å². The van der Waals surface area contributed by atoms with Crippen molar-refractivity contribution in [1.82, 2.24) is 4.23 Å². The number of hydrogen-bond acceptors (Lipinski definition) is 2. The maximum absolute atomic E-state index is 9.00. The standard InChI is InChI=1S/C13H26N2Si2/c1-16(2)9-10-17(3,4)15(16)13-7-5-12(11-14)6-8-13/h12-13H,5-10H2,1-4H3. The third-order valence-electron chi connectivity index (χ3n) is 4.90. The molecule has 1 aliphatic carbocycles. The molecule has 0 N–H and O–H groups in total. The highest BCUT2D eigenvalue weighted by molar-refractivity contribution is 6.95. The lowest BCUT2D eigenvalue weighted by Gasteiger charge is -2.47. The second-order valence-corrected chi connectivity index (χ2v) is 16.8. The van der Waals surface area contributed by atoms with Gasteiger partial charge in [-0.15, -0.1) is 0 Å². The van der Waals surface area contributed by atoms with Crippen LogP contribution in [-0.2, 0) is 0 Å². The summed E-state index contributed by atoms with van der Waals surface area (Å²) in [5.41, 5.74) is 0. The Hall–Kier alpha value is -0.116. The second kappa shape index (κ2) is 4.53. The normalized spacial score (nSPS) is 36.6. The van der Waals surface area contributed by atoms with Gasteiger partial charge in [0, 0.05) is 5.92 Å². The maximum atomic E-state index is 9.00. The van der Waals surface area contributed by atoms with Gasteiger partial charge in [0.2, 0.25) is 0 Å². The largest absolute Gasteiger partial charge is 0.343 e. The molecule has 0 amide bonds. The fourth-order valence-corrected chi connectivity index (χ4v) is 19.2. The topological polar surface area (TPSA) is 27.0 Å². The van der Waals surface area contributed by atoms with Crippen molar-refractivity contribution in [1.29, 1.82) is 5.26 Å². The molecule has 2 fully saturated rings. The molecule has 0 aromatic rings. The smallest absolute Gasteiger partial charge is 0.115 e. The molecular formula is C13H26N2Si2. The van der Waals surface area contributed by atoms with Crippen LogP contribution in [0.15, 0.2) is 0 Å². The molecule has 4 heteroatoms. The fourth-order valence-electron chi connectivity index (χ4n) is 4.12. The summed E-state index contributed by atoms with van der Waals surface area (Å²) in [6.45, 7) is 10.2. The third kappa shape index (κ3) is 2.52. The minimum absolute atomic E-state index is 0.350. The molecule has 17 heavy (non-hydrogen) atoms. The van der Waals surface area contributed by atoms with Crippen LogP contribution in [0.3, 0.4) is 0 Å². The Bertz CT molecular complexity index is 309. The number of hydrogen-bond donors (Lipinski definition) is 0. The van der Waals surface area contributed by atoms with Gasteiger partial charge in [0.25, 0.3) is 0 Å². The van der Waals surface area contributed by atoms with E-state index in [9.17, 15) is 0 Å². The van der Waals surface area contributed by atoms with Gasteiger partial charge < -0.3 is 4.23 Å². The Morgan fingerprint density at radius 1 is 0.941 bits per heavy atom. The van der Waals surface area contributed by atoms with Gasteiger partial charge in [-0.1, -0.05) is 26.2 Å². The molecule has 2 nitrogen and oxygen atoms in total. The van der Waals surface area contributed by atoms with E-state index in [1.54, 1.807) is 0 Å². The minimum Gasteiger partial charge on any atom is -0.343 e. The van der Waals surface area contributed by atoms with Crippen LogP contribution in [0.2, 0.25) is 38.3 Å². The Morgan fingerprint density at radius 3 is 1.82 bits per heavy atom. The molecule has 2 rings (SSSR count). The molecule has 2 aliphatic rings. The van der Waals surface area contributed by atoms with Gasteiger partial charge >= 0.3 is 0 Å². The zero-order valence-corrected chi connectivity index (χ0v) is 13.8. The Morgan fingerprint density at radius 2 is 1.41 bits per heavy atom. The van der Waals surface area contributed by atoms with Crippen LogP contribution in [0.25, 0.3) is 0 Å². The predicted molar refractivity (Wildman–Crippen MR) is 77.8 cm³/mol. The Balaban J connectivity index is 2.09. The molecule has 1 saturated heterocycles. The lowest BCUT2D eigenvalue weighted by atomic mass is 9.87. The molecule has 0 aromatic carbocycles. The van der Waals surface area contributed by atoms with E-state index in [1.807, 2.05) is 0 Å². The molecule has 0 radical (unpaired) electrons. The highest BCUT2D eigenvalue weighted by Gasteiger charge is 2.50.